The van der Waals surface area contributed by atoms with Gasteiger partial charge in [-0.2, -0.15) is 0 Å². The maximum absolute atomic E-state index is 5.38. The average Bonchev–Trinajstić information content (AvgIpc) is 2.03. The molecule has 0 aromatic carbocycles. The fourth-order valence-corrected chi connectivity index (χ4v) is 1.13. The second kappa shape index (κ2) is 4.70. The van der Waals surface area contributed by atoms with Gasteiger partial charge in [-0.3, -0.25) is 0 Å². The van der Waals surface area contributed by atoms with Crippen molar-refractivity contribution in [3.05, 3.63) is 0 Å². The van der Waals surface area contributed by atoms with E-state index in [-0.39, 0.29) is 0 Å². The summed E-state index contributed by atoms with van der Waals surface area (Å²) in [4.78, 5) is 2.18. The summed E-state index contributed by atoms with van der Waals surface area (Å²) >= 11 is 0. The first-order valence-corrected chi connectivity index (χ1v) is 4.13. The zero-order valence-electron chi connectivity index (χ0n) is 7.38. The zero-order chi connectivity index (χ0) is 8.10. The van der Waals surface area contributed by atoms with Crippen LogP contribution in [0.1, 0.15) is 12.8 Å². The van der Waals surface area contributed by atoms with Crippen LogP contribution in [-0.2, 0) is 9.47 Å². The third-order valence-electron chi connectivity index (χ3n) is 1.87. The number of nitrogens with zero attached hydrogens (tertiary/aromatic N) is 1. The Bertz CT molecular complexity index is 100. The minimum absolute atomic E-state index is 0.422. The fraction of sp³-hybridized carbons (Fsp3) is 1.00. The Morgan fingerprint density at radius 1 is 1.45 bits per heavy atom. The van der Waals surface area contributed by atoms with Gasteiger partial charge in [0.05, 0.1) is 12.7 Å². The minimum atomic E-state index is 0.422. The van der Waals surface area contributed by atoms with E-state index in [2.05, 4.69) is 19.0 Å². The summed E-state index contributed by atoms with van der Waals surface area (Å²) in [6.45, 7) is 2.45. The van der Waals surface area contributed by atoms with Crippen LogP contribution in [0.2, 0.25) is 0 Å². The highest BCUT2D eigenvalue weighted by Crippen LogP contribution is 2.09. The minimum Gasteiger partial charge on any atom is -0.355 e. The van der Waals surface area contributed by atoms with E-state index in [0.29, 0.717) is 12.9 Å². The van der Waals surface area contributed by atoms with E-state index in [4.69, 9.17) is 9.47 Å². The van der Waals surface area contributed by atoms with E-state index >= 15 is 0 Å². The molecule has 11 heavy (non-hydrogen) atoms. The van der Waals surface area contributed by atoms with Crippen molar-refractivity contribution in [1.82, 2.24) is 4.90 Å². The van der Waals surface area contributed by atoms with Crippen LogP contribution in [-0.4, -0.2) is 45.0 Å². The number of hydrogen-bond acceptors (Lipinski definition) is 3. The van der Waals surface area contributed by atoms with E-state index in [1.165, 1.54) is 0 Å². The van der Waals surface area contributed by atoms with Crippen molar-refractivity contribution in [2.45, 2.75) is 18.9 Å². The molecule has 1 heterocycles. The summed E-state index contributed by atoms with van der Waals surface area (Å²) in [7, 11) is 4.17. The first-order valence-electron chi connectivity index (χ1n) is 4.13. The van der Waals surface area contributed by atoms with Crippen molar-refractivity contribution in [3.63, 3.8) is 0 Å². The Labute approximate surface area is 68.3 Å². The van der Waals surface area contributed by atoms with E-state index in [0.717, 1.165) is 26.0 Å². The summed E-state index contributed by atoms with van der Waals surface area (Å²) in [5.74, 6) is 0. The number of ether oxygens (including phenoxy) is 2. The SMILES string of the molecule is CN(C)CCC1CCOCO1. The van der Waals surface area contributed by atoms with Gasteiger partial charge in [0.1, 0.15) is 6.79 Å². The monoisotopic (exact) mass is 159 g/mol. The molecule has 1 rings (SSSR count). The van der Waals surface area contributed by atoms with E-state index in [1.807, 2.05) is 0 Å². The summed E-state index contributed by atoms with van der Waals surface area (Å²) < 4.78 is 10.5. The van der Waals surface area contributed by atoms with Gasteiger partial charge >= 0.3 is 0 Å². The second-order valence-electron chi connectivity index (χ2n) is 3.20. The molecule has 1 aliphatic heterocycles. The van der Waals surface area contributed by atoms with Crippen molar-refractivity contribution in [1.29, 1.82) is 0 Å². The van der Waals surface area contributed by atoms with Crippen LogP contribution in [0, 0.1) is 0 Å². The van der Waals surface area contributed by atoms with Crippen LogP contribution >= 0.6 is 0 Å². The van der Waals surface area contributed by atoms with Crippen molar-refractivity contribution >= 4 is 0 Å². The van der Waals surface area contributed by atoms with Crippen LogP contribution in [0.3, 0.4) is 0 Å². The van der Waals surface area contributed by atoms with Crippen LogP contribution < -0.4 is 0 Å². The highest BCUT2D eigenvalue weighted by Gasteiger charge is 2.13. The Kier molecular flexibility index (Phi) is 3.83. The number of rotatable bonds is 3. The summed E-state index contributed by atoms with van der Waals surface area (Å²) in [6, 6.07) is 0. The quantitative estimate of drug-likeness (QED) is 0.605. The Morgan fingerprint density at radius 2 is 2.27 bits per heavy atom. The molecular weight excluding hydrogens is 142 g/mol. The van der Waals surface area contributed by atoms with Gasteiger partial charge in [0.2, 0.25) is 0 Å². The Hall–Kier alpha value is -0.120. The van der Waals surface area contributed by atoms with Gasteiger partial charge in [-0.25, -0.2) is 0 Å². The molecule has 0 aliphatic carbocycles. The van der Waals surface area contributed by atoms with Gasteiger partial charge < -0.3 is 14.4 Å². The van der Waals surface area contributed by atoms with Crippen molar-refractivity contribution < 1.29 is 9.47 Å². The molecule has 0 N–H and O–H groups in total. The molecule has 0 saturated carbocycles. The lowest BCUT2D eigenvalue weighted by Crippen LogP contribution is -2.27. The highest BCUT2D eigenvalue weighted by molar-refractivity contribution is 4.61. The molecule has 0 amide bonds. The smallest absolute Gasteiger partial charge is 0.147 e. The molecule has 1 unspecified atom stereocenters. The molecule has 0 aromatic heterocycles. The normalized spacial score (nSPS) is 25.9. The number of hydrogen-bond donors (Lipinski definition) is 0. The van der Waals surface area contributed by atoms with E-state index < -0.39 is 0 Å². The first-order chi connectivity index (χ1) is 5.29. The predicted octanol–water partition coefficient (Wildman–Crippen LogP) is 0.701. The molecule has 1 aliphatic rings. The maximum Gasteiger partial charge on any atom is 0.147 e. The zero-order valence-corrected chi connectivity index (χ0v) is 7.38. The Morgan fingerprint density at radius 3 is 2.82 bits per heavy atom. The topological polar surface area (TPSA) is 21.7 Å². The van der Waals surface area contributed by atoms with E-state index in [9.17, 15) is 0 Å². The highest BCUT2D eigenvalue weighted by atomic mass is 16.7. The molecule has 1 fully saturated rings. The summed E-state index contributed by atoms with van der Waals surface area (Å²) in [5, 5.41) is 0. The summed E-state index contributed by atoms with van der Waals surface area (Å²) in [5.41, 5.74) is 0. The van der Waals surface area contributed by atoms with Gasteiger partial charge in [0, 0.05) is 0 Å². The van der Waals surface area contributed by atoms with Gasteiger partial charge in [0.15, 0.2) is 0 Å². The van der Waals surface area contributed by atoms with Crippen molar-refractivity contribution in [2.24, 2.45) is 0 Å². The molecule has 0 bridgehead atoms. The molecule has 3 nitrogen and oxygen atoms in total. The maximum atomic E-state index is 5.38. The van der Waals surface area contributed by atoms with Gasteiger partial charge in [-0.15, -0.1) is 0 Å². The third kappa shape index (κ3) is 3.70. The first kappa shape index (κ1) is 8.97. The van der Waals surface area contributed by atoms with Gasteiger partial charge in [0.25, 0.3) is 0 Å². The second-order valence-corrected chi connectivity index (χ2v) is 3.20. The summed E-state index contributed by atoms with van der Waals surface area (Å²) in [6.07, 6.45) is 2.59. The molecule has 66 valence electrons. The molecule has 1 atom stereocenters. The molecule has 0 aromatic rings. The van der Waals surface area contributed by atoms with Crippen molar-refractivity contribution in [2.75, 3.05) is 34.0 Å². The molecule has 1 saturated heterocycles. The molecular formula is C8H17NO2. The molecule has 3 heteroatoms. The predicted molar refractivity (Wildman–Crippen MR) is 43.5 cm³/mol. The van der Waals surface area contributed by atoms with E-state index in [1.54, 1.807) is 0 Å². The van der Waals surface area contributed by atoms with Crippen LogP contribution in [0.5, 0.6) is 0 Å². The Balaban J connectivity index is 2.05. The fourth-order valence-electron chi connectivity index (χ4n) is 1.13. The average molecular weight is 159 g/mol. The third-order valence-corrected chi connectivity index (χ3v) is 1.87. The van der Waals surface area contributed by atoms with Crippen LogP contribution in [0.25, 0.3) is 0 Å². The van der Waals surface area contributed by atoms with Crippen LogP contribution in [0.4, 0.5) is 0 Å². The van der Waals surface area contributed by atoms with Crippen LogP contribution in [0.15, 0.2) is 0 Å². The lowest BCUT2D eigenvalue weighted by molar-refractivity contribution is -0.141. The lowest BCUT2D eigenvalue weighted by atomic mass is 10.2. The lowest BCUT2D eigenvalue weighted by Gasteiger charge is -2.23. The largest absolute Gasteiger partial charge is 0.355 e. The van der Waals surface area contributed by atoms with Crippen molar-refractivity contribution in [3.8, 4) is 0 Å². The van der Waals surface area contributed by atoms with Gasteiger partial charge in [-0.05, 0) is 33.5 Å². The molecule has 0 radical (unpaired) electrons. The molecule has 0 spiro atoms. The standard InChI is InChI=1S/C8H17NO2/c1-9(2)5-3-8-4-6-10-7-11-8/h8H,3-7H2,1-2H3. The van der Waals surface area contributed by atoms with Gasteiger partial charge in [-0.1, -0.05) is 0 Å².